The number of hydrogen-bond donors (Lipinski definition) is 2. The molecule has 0 spiro atoms. The normalized spacial score (nSPS) is 27.2. The molecule has 1 saturated heterocycles. The Hall–Kier alpha value is -1.09. The van der Waals surface area contributed by atoms with E-state index in [0.29, 0.717) is 16.5 Å². The Labute approximate surface area is 173 Å². The Bertz CT molecular complexity index is 737. The van der Waals surface area contributed by atoms with Crippen molar-refractivity contribution in [3.8, 4) is 0 Å². The third kappa shape index (κ3) is 4.85. The third-order valence-corrected chi connectivity index (χ3v) is 6.02. The first-order valence-electron chi connectivity index (χ1n) is 9.12. The maximum absolute atomic E-state index is 12.2. The smallest absolute Gasteiger partial charge is 0.404 e. The molecule has 6 nitrogen and oxygen atoms in total. The zero-order valence-electron chi connectivity index (χ0n) is 15.4. The van der Waals surface area contributed by atoms with Crippen molar-refractivity contribution in [1.29, 1.82) is 0 Å². The van der Waals surface area contributed by atoms with Crippen LogP contribution < -0.4 is 10.6 Å². The standard InChI is InChI=1S/C18H23BBrClN2O4/c1-11-4-3-7-18(2)16(11)26-19(27-18)10-23-15(24)9-22-17(25)13-8-12(20)5-6-14(13)21/h5-6,8,11,16H,3-4,7,9-10H2,1-2H3,(H,22,25)(H,23,24)/t11?,16?,18-/m0/s1. The van der Waals surface area contributed by atoms with Gasteiger partial charge in [-0.15, -0.1) is 0 Å². The van der Waals surface area contributed by atoms with E-state index in [1.54, 1.807) is 18.2 Å². The fourth-order valence-corrected chi connectivity index (χ4v) is 4.41. The van der Waals surface area contributed by atoms with Crippen molar-refractivity contribution >= 4 is 46.5 Å². The molecule has 1 heterocycles. The molecule has 2 unspecified atom stereocenters. The van der Waals surface area contributed by atoms with Crippen LogP contribution in [0.15, 0.2) is 22.7 Å². The average molecular weight is 458 g/mol. The quantitative estimate of drug-likeness (QED) is 0.667. The highest BCUT2D eigenvalue weighted by Gasteiger charge is 2.51. The van der Waals surface area contributed by atoms with Gasteiger partial charge in [0.05, 0.1) is 35.3 Å². The lowest BCUT2D eigenvalue weighted by Gasteiger charge is -2.38. The van der Waals surface area contributed by atoms with E-state index in [9.17, 15) is 9.59 Å². The lowest BCUT2D eigenvalue weighted by Crippen LogP contribution is -2.44. The van der Waals surface area contributed by atoms with Crippen LogP contribution in [0.25, 0.3) is 0 Å². The first-order chi connectivity index (χ1) is 12.8. The summed E-state index contributed by atoms with van der Waals surface area (Å²) in [6, 6.07) is 4.97. The van der Waals surface area contributed by atoms with Crippen LogP contribution in [0.4, 0.5) is 0 Å². The minimum absolute atomic E-state index is 0.0616. The van der Waals surface area contributed by atoms with Crippen molar-refractivity contribution in [2.45, 2.75) is 44.8 Å². The molecule has 3 atom stereocenters. The molecule has 0 radical (unpaired) electrons. The molecular formula is C18H23BBrClN2O4. The van der Waals surface area contributed by atoms with Gasteiger partial charge in [0.2, 0.25) is 5.91 Å². The first kappa shape index (κ1) is 20.6. The predicted octanol–water partition coefficient (Wildman–Crippen LogP) is 2.97. The van der Waals surface area contributed by atoms with Gasteiger partial charge in [-0.2, -0.15) is 0 Å². The van der Waals surface area contributed by atoms with E-state index in [0.717, 1.165) is 23.7 Å². The molecule has 0 aromatic heterocycles. The Balaban J connectivity index is 1.45. The van der Waals surface area contributed by atoms with Crippen molar-refractivity contribution in [3.63, 3.8) is 0 Å². The van der Waals surface area contributed by atoms with Gasteiger partial charge in [0.1, 0.15) is 0 Å². The van der Waals surface area contributed by atoms with Crippen molar-refractivity contribution in [1.82, 2.24) is 10.6 Å². The molecule has 1 aliphatic carbocycles. The number of hydrogen-bond acceptors (Lipinski definition) is 4. The highest BCUT2D eigenvalue weighted by Crippen LogP contribution is 2.42. The molecule has 0 bridgehead atoms. The monoisotopic (exact) mass is 456 g/mol. The molecule has 9 heteroatoms. The second-order valence-electron chi connectivity index (χ2n) is 7.40. The second-order valence-corrected chi connectivity index (χ2v) is 8.72. The van der Waals surface area contributed by atoms with Gasteiger partial charge in [0, 0.05) is 4.47 Å². The summed E-state index contributed by atoms with van der Waals surface area (Å²) in [6.45, 7) is 4.11. The molecule has 1 aliphatic heterocycles. The van der Waals surface area contributed by atoms with Crippen molar-refractivity contribution < 1.29 is 18.9 Å². The van der Waals surface area contributed by atoms with Crippen LogP contribution in [0.3, 0.4) is 0 Å². The van der Waals surface area contributed by atoms with Gasteiger partial charge in [-0.1, -0.05) is 40.9 Å². The minimum atomic E-state index is -0.459. The van der Waals surface area contributed by atoms with Gasteiger partial charge in [-0.3, -0.25) is 9.59 Å². The van der Waals surface area contributed by atoms with Crippen molar-refractivity contribution in [2.24, 2.45) is 5.92 Å². The van der Waals surface area contributed by atoms with Gasteiger partial charge in [-0.05, 0) is 43.9 Å². The maximum Gasteiger partial charge on any atom is 0.478 e. The van der Waals surface area contributed by atoms with E-state index in [1.807, 2.05) is 0 Å². The Morgan fingerprint density at radius 3 is 2.93 bits per heavy atom. The van der Waals surface area contributed by atoms with E-state index in [1.165, 1.54) is 0 Å². The van der Waals surface area contributed by atoms with E-state index in [-0.39, 0.29) is 30.6 Å². The number of benzene rings is 1. The SMILES string of the molecule is CC1CCC[C@]2(C)OB(CNC(=O)CNC(=O)c3cc(Br)ccc3Cl)OC12. The Kier molecular flexibility index (Phi) is 6.51. The van der Waals surface area contributed by atoms with Crippen LogP contribution >= 0.6 is 27.5 Å². The number of carbonyl (C=O) groups excluding carboxylic acids is 2. The molecular weight excluding hydrogens is 434 g/mol. The number of carbonyl (C=O) groups is 2. The summed E-state index contributed by atoms with van der Waals surface area (Å²) in [5.74, 6) is -0.273. The lowest BCUT2D eigenvalue weighted by molar-refractivity contribution is -0.119. The number of fused-ring (bicyclic) bond motifs is 1. The molecule has 1 aromatic carbocycles. The number of amides is 2. The van der Waals surface area contributed by atoms with E-state index in [2.05, 4.69) is 40.4 Å². The summed E-state index contributed by atoms with van der Waals surface area (Å²) in [5.41, 5.74) is 0.0333. The van der Waals surface area contributed by atoms with Crippen molar-refractivity contribution in [3.05, 3.63) is 33.3 Å². The van der Waals surface area contributed by atoms with Crippen LogP contribution in [0, 0.1) is 5.92 Å². The zero-order valence-corrected chi connectivity index (χ0v) is 17.7. The number of nitrogens with one attached hydrogen (secondary N) is 2. The Morgan fingerprint density at radius 2 is 2.19 bits per heavy atom. The summed E-state index contributed by atoms with van der Waals surface area (Å²) in [4.78, 5) is 24.3. The highest BCUT2D eigenvalue weighted by atomic mass is 79.9. The summed E-state index contributed by atoms with van der Waals surface area (Å²) < 4.78 is 12.8. The minimum Gasteiger partial charge on any atom is -0.404 e. The van der Waals surface area contributed by atoms with E-state index in [4.69, 9.17) is 20.9 Å². The van der Waals surface area contributed by atoms with E-state index >= 15 is 0 Å². The second kappa shape index (κ2) is 8.51. The molecule has 2 N–H and O–H groups in total. The molecule has 146 valence electrons. The summed E-state index contributed by atoms with van der Waals surface area (Å²) in [6.07, 6.45) is 3.54. The fourth-order valence-electron chi connectivity index (χ4n) is 3.84. The topological polar surface area (TPSA) is 76.7 Å². The van der Waals surface area contributed by atoms with Gasteiger partial charge in [0.15, 0.2) is 0 Å². The van der Waals surface area contributed by atoms with Crippen molar-refractivity contribution in [2.75, 3.05) is 13.0 Å². The maximum atomic E-state index is 12.2. The average Bonchev–Trinajstić information content (AvgIpc) is 2.98. The third-order valence-electron chi connectivity index (χ3n) is 5.20. The fraction of sp³-hybridized carbons (Fsp3) is 0.556. The van der Waals surface area contributed by atoms with Crippen LogP contribution in [-0.4, -0.2) is 43.6 Å². The summed E-state index contributed by atoms with van der Waals surface area (Å²) in [7, 11) is -0.459. The van der Waals surface area contributed by atoms with E-state index < -0.39 is 13.0 Å². The van der Waals surface area contributed by atoms with Crippen LogP contribution in [0.1, 0.15) is 43.5 Å². The predicted molar refractivity (Wildman–Crippen MR) is 108 cm³/mol. The van der Waals surface area contributed by atoms with Crippen LogP contribution in [0.5, 0.6) is 0 Å². The first-order valence-corrected chi connectivity index (χ1v) is 10.3. The highest BCUT2D eigenvalue weighted by molar-refractivity contribution is 9.10. The number of rotatable bonds is 5. The zero-order chi connectivity index (χ0) is 19.6. The summed E-state index contributed by atoms with van der Waals surface area (Å²) >= 11 is 9.32. The molecule has 2 aliphatic rings. The largest absolute Gasteiger partial charge is 0.478 e. The molecule has 3 rings (SSSR count). The van der Waals surface area contributed by atoms with Gasteiger partial charge >= 0.3 is 7.12 Å². The van der Waals surface area contributed by atoms with Gasteiger partial charge < -0.3 is 19.9 Å². The summed E-state index contributed by atoms with van der Waals surface area (Å²) in [5, 5.41) is 5.65. The lowest BCUT2D eigenvalue weighted by atomic mass is 9.77. The van der Waals surface area contributed by atoms with Crippen LogP contribution in [0.2, 0.25) is 5.02 Å². The molecule has 1 aromatic rings. The van der Waals surface area contributed by atoms with Gasteiger partial charge in [-0.25, -0.2) is 0 Å². The Morgan fingerprint density at radius 1 is 1.41 bits per heavy atom. The molecule has 2 amide bonds. The number of halogens is 2. The van der Waals surface area contributed by atoms with Gasteiger partial charge in [0.25, 0.3) is 5.91 Å². The molecule has 27 heavy (non-hydrogen) atoms. The van der Waals surface area contributed by atoms with Crippen LogP contribution in [-0.2, 0) is 14.1 Å². The molecule has 1 saturated carbocycles. The molecule has 2 fully saturated rings.